The van der Waals surface area contributed by atoms with E-state index in [9.17, 15) is 17.6 Å². The maximum atomic E-state index is 14.4. The Balaban J connectivity index is 1.39. The maximum Gasteiger partial charge on any atom is 0.251 e. The zero-order chi connectivity index (χ0) is 22.6. The Morgan fingerprint density at radius 1 is 1.25 bits per heavy atom. The number of imidazole rings is 1. The summed E-state index contributed by atoms with van der Waals surface area (Å²) < 4.78 is 49.0. The van der Waals surface area contributed by atoms with E-state index < -0.39 is 21.7 Å². The van der Waals surface area contributed by atoms with Crippen LogP contribution in [0.25, 0.3) is 5.69 Å². The number of halogens is 1. The van der Waals surface area contributed by atoms with Crippen molar-refractivity contribution in [1.82, 2.24) is 19.6 Å². The van der Waals surface area contributed by atoms with Crippen molar-refractivity contribution in [3.63, 3.8) is 0 Å². The highest BCUT2D eigenvalue weighted by Crippen LogP contribution is 2.16. The van der Waals surface area contributed by atoms with E-state index in [1.165, 1.54) is 36.7 Å². The fourth-order valence-electron chi connectivity index (χ4n) is 3.45. The molecule has 32 heavy (non-hydrogen) atoms. The van der Waals surface area contributed by atoms with Crippen LogP contribution in [0.5, 0.6) is 0 Å². The Morgan fingerprint density at radius 2 is 2.12 bits per heavy atom. The van der Waals surface area contributed by atoms with Crippen LogP contribution in [0, 0.1) is 5.82 Å². The summed E-state index contributed by atoms with van der Waals surface area (Å²) in [6.07, 6.45) is 6.29. The number of sulfonamides is 1. The highest BCUT2D eigenvalue weighted by Gasteiger charge is 2.21. The molecule has 8 nitrogen and oxygen atoms in total. The molecule has 10 heteroatoms. The first-order valence-electron chi connectivity index (χ1n) is 10.2. The lowest BCUT2D eigenvalue weighted by atomic mass is 10.1. The molecule has 3 aromatic rings. The van der Waals surface area contributed by atoms with Crippen LogP contribution in [-0.2, 0) is 21.3 Å². The van der Waals surface area contributed by atoms with Crippen molar-refractivity contribution in [2.75, 3.05) is 13.2 Å². The lowest BCUT2D eigenvalue weighted by molar-refractivity contribution is 0.0950. The second-order valence-corrected chi connectivity index (χ2v) is 9.22. The van der Waals surface area contributed by atoms with Crippen LogP contribution in [0.3, 0.4) is 0 Å². The quantitative estimate of drug-likeness (QED) is 0.540. The monoisotopic (exact) mass is 458 g/mol. The van der Waals surface area contributed by atoms with Crippen molar-refractivity contribution >= 4 is 15.9 Å². The van der Waals surface area contributed by atoms with E-state index in [0.717, 1.165) is 12.8 Å². The van der Waals surface area contributed by atoms with E-state index in [4.69, 9.17) is 4.74 Å². The average molecular weight is 459 g/mol. The second-order valence-electron chi connectivity index (χ2n) is 7.45. The Labute approximate surface area is 185 Å². The molecule has 1 fully saturated rings. The lowest BCUT2D eigenvalue weighted by Crippen LogP contribution is -2.32. The van der Waals surface area contributed by atoms with E-state index >= 15 is 0 Å². The van der Waals surface area contributed by atoms with Crippen LogP contribution in [0.4, 0.5) is 4.39 Å². The number of nitrogens with one attached hydrogen (secondary N) is 2. The summed E-state index contributed by atoms with van der Waals surface area (Å²) in [7, 11) is -3.77. The number of benzene rings is 2. The molecule has 1 aliphatic heterocycles. The Bertz CT molecular complexity index is 1190. The number of aromatic nitrogens is 2. The summed E-state index contributed by atoms with van der Waals surface area (Å²) >= 11 is 0. The molecule has 0 aliphatic carbocycles. The highest BCUT2D eigenvalue weighted by atomic mass is 32.2. The molecule has 4 rings (SSSR count). The van der Waals surface area contributed by atoms with Crippen LogP contribution in [0.2, 0.25) is 0 Å². The summed E-state index contributed by atoms with van der Waals surface area (Å²) in [4.78, 5) is 16.4. The summed E-state index contributed by atoms with van der Waals surface area (Å²) in [6, 6.07) is 10.4. The number of amides is 1. The third-order valence-electron chi connectivity index (χ3n) is 5.18. The fourth-order valence-corrected chi connectivity index (χ4v) is 4.56. The number of nitrogens with zero attached hydrogens (tertiary/aromatic N) is 2. The standard InChI is InChI=1S/C22H23FN4O4S/c23-20-11-16(6-7-21(20)27-9-8-24-15-27)13-25-22(28)17-3-1-5-19(12-17)32(29,30)26-14-18-4-2-10-31-18/h1,3,5-9,11-12,15,18,26H,2,4,10,13-14H2,(H,25,28). The molecular formula is C22H23FN4O4S. The van der Waals surface area contributed by atoms with Gasteiger partial charge in [-0.1, -0.05) is 12.1 Å². The minimum atomic E-state index is -3.77. The van der Waals surface area contributed by atoms with Gasteiger partial charge in [-0.15, -0.1) is 0 Å². The summed E-state index contributed by atoms with van der Waals surface area (Å²) in [5.41, 5.74) is 1.12. The maximum absolute atomic E-state index is 14.4. The van der Waals surface area contributed by atoms with Gasteiger partial charge in [0.1, 0.15) is 5.82 Å². The molecule has 2 heterocycles. The minimum absolute atomic E-state index is 0.00104. The van der Waals surface area contributed by atoms with E-state index in [2.05, 4.69) is 15.0 Å². The molecule has 2 aromatic carbocycles. The lowest BCUT2D eigenvalue weighted by Gasteiger charge is -2.12. The smallest absolute Gasteiger partial charge is 0.251 e. The fraction of sp³-hybridized carbons (Fsp3) is 0.273. The first kappa shape index (κ1) is 22.1. The number of hydrogen-bond donors (Lipinski definition) is 2. The van der Waals surface area contributed by atoms with Gasteiger partial charge in [-0.05, 0) is 48.7 Å². The topological polar surface area (TPSA) is 102 Å². The van der Waals surface area contributed by atoms with Crippen LogP contribution in [0.15, 0.2) is 66.1 Å². The van der Waals surface area contributed by atoms with Crippen molar-refractivity contribution in [3.05, 3.63) is 78.1 Å². The van der Waals surface area contributed by atoms with Gasteiger partial charge in [-0.3, -0.25) is 4.79 Å². The predicted octanol–water partition coefficient (Wildman–Crippen LogP) is 2.40. The van der Waals surface area contributed by atoms with Gasteiger partial charge in [0.15, 0.2) is 0 Å². The number of rotatable bonds is 8. The molecule has 1 amide bonds. The first-order valence-corrected chi connectivity index (χ1v) is 11.7. The largest absolute Gasteiger partial charge is 0.377 e. The molecule has 1 unspecified atom stereocenters. The van der Waals surface area contributed by atoms with Crippen LogP contribution < -0.4 is 10.0 Å². The van der Waals surface area contributed by atoms with Gasteiger partial charge in [0.05, 0.1) is 23.0 Å². The molecule has 0 spiro atoms. The highest BCUT2D eigenvalue weighted by molar-refractivity contribution is 7.89. The third kappa shape index (κ3) is 5.21. The third-order valence-corrected chi connectivity index (χ3v) is 6.60. The van der Waals surface area contributed by atoms with Crippen molar-refractivity contribution in [2.45, 2.75) is 30.4 Å². The summed E-state index contributed by atoms with van der Waals surface area (Å²) in [5, 5.41) is 2.69. The van der Waals surface area contributed by atoms with E-state index in [0.29, 0.717) is 17.9 Å². The van der Waals surface area contributed by atoms with Gasteiger partial charge in [0.25, 0.3) is 5.91 Å². The zero-order valence-corrected chi connectivity index (χ0v) is 18.0. The summed E-state index contributed by atoms with van der Waals surface area (Å²) in [6.45, 7) is 0.922. The molecule has 1 saturated heterocycles. The van der Waals surface area contributed by atoms with Gasteiger partial charge >= 0.3 is 0 Å². The van der Waals surface area contributed by atoms with Crippen molar-refractivity contribution in [2.24, 2.45) is 0 Å². The SMILES string of the molecule is O=C(NCc1ccc(-n2ccnc2)c(F)c1)c1cccc(S(=O)(=O)NCC2CCCO2)c1. The molecular weight excluding hydrogens is 435 g/mol. The van der Waals surface area contributed by atoms with Gasteiger partial charge in [0, 0.05) is 37.7 Å². The van der Waals surface area contributed by atoms with Crippen molar-refractivity contribution < 1.29 is 22.3 Å². The van der Waals surface area contributed by atoms with Crippen molar-refractivity contribution in [1.29, 1.82) is 0 Å². The predicted molar refractivity (Wildman–Crippen MR) is 115 cm³/mol. The van der Waals surface area contributed by atoms with Crippen LogP contribution in [0.1, 0.15) is 28.8 Å². The molecule has 168 valence electrons. The second kappa shape index (κ2) is 9.60. The van der Waals surface area contributed by atoms with Crippen LogP contribution in [-0.4, -0.2) is 43.1 Å². The molecule has 1 aromatic heterocycles. The average Bonchev–Trinajstić information content (AvgIpc) is 3.51. The Hall–Kier alpha value is -3.08. The van der Waals surface area contributed by atoms with Gasteiger partial charge < -0.3 is 14.6 Å². The molecule has 1 atom stereocenters. The molecule has 1 aliphatic rings. The van der Waals surface area contributed by atoms with E-state index in [1.54, 1.807) is 29.1 Å². The zero-order valence-electron chi connectivity index (χ0n) is 17.2. The minimum Gasteiger partial charge on any atom is -0.377 e. The first-order chi connectivity index (χ1) is 15.4. The number of carbonyl (C=O) groups excluding carboxylic acids is 1. The van der Waals surface area contributed by atoms with E-state index in [1.807, 2.05) is 0 Å². The molecule has 0 radical (unpaired) electrons. The van der Waals surface area contributed by atoms with Gasteiger partial charge in [0.2, 0.25) is 10.0 Å². The van der Waals surface area contributed by atoms with Crippen LogP contribution >= 0.6 is 0 Å². The Morgan fingerprint density at radius 3 is 2.84 bits per heavy atom. The molecule has 2 N–H and O–H groups in total. The van der Waals surface area contributed by atoms with Crippen molar-refractivity contribution in [3.8, 4) is 5.69 Å². The van der Waals surface area contributed by atoms with E-state index in [-0.39, 0.29) is 29.7 Å². The number of carbonyl (C=O) groups is 1. The van der Waals surface area contributed by atoms with Gasteiger partial charge in [-0.2, -0.15) is 0 Å². The summed E-state index contributed by atoms with van der Waals surface area (Å²) in [5.74, 6) is -0.902. The molecule has 0 saturated carbocycles. The Kier molecular flexibility index (Phi) is 6.63. The number of ether oxygens (including phenoxy) is 1. The normalized spacial score (nSPS) is 16.2. The number of hydrogen-bond acceptors (Lipinski definition) is 5. The van der Waals surface area contributed by atoms with Gasteiger partial charge in [-0.25, -0.2) is 22.5 Å². The molecule has 0 bridgehead atoms.